The van der Waals surface area contributed by atoms with Crippen molar-refractivity contribution in [1.29, 1.82) is 0 Å². The number of aliphatic hydroxyl groups is 3. The summed E-state index contributed by atoms with van der Waals surface area (Å²) in [6.07, 6.45) is -5.99. The van der Waals surface area contributed by atoms with Gasteiger partial charge in [0, 0.05) is 56.1 Å². The zero-order valence-corrected chi connectivity index (χ0v) is 33.0. The van der Waals surface area contributed by atoms with Crippen LogP contribution >= 0.6 is 22.9 Å². The highest BCUT2D eigenvalue weighted by atomic mass is 35.5. The third-order valence-electron chi connectivity index (χ3n) is 9.69. The van der Waals surface area contributed by atoms with Gasteiger partial charge in [-0.25, -0.2) is 9.97 Å². The second-order valence-electron chi connectivity index (χ2n) is 13.7. The fraction of sp³-hybridized carbons (Fsp3) is 0.333. The number of hydrogen-bond donors (Lipinski definition) is 3. The predicted molar refractivity (Wildman–Crippen MR) is 207 cm³/mol. The van der Waals surface area contributed by atoms with Crippen molar-refractivity contribution in [3.63, 3.8) is 0 Å². The Bertz CT molecular complexity index is 2430. The van der Waals surface area contributed by atoms with E-state index in [1.54, 1.807) is 19.1 Å². The number of halogens is 5. The molecule has 1 fully saturated rings. The molecule has 0 bridgehead atoms. The molecular weight excluding hydrogens is 824 g/mol. The van der Waals surface area contributed by atoms with Gasteiger partial charge in [-0.05, 0) is 49.4 Å². The number of para-hydroxylation sites is 1. The van der Waals surface area contributed by atoms with Gasteiger partial charge >= 0.3 is 12.1 Å². The zero-order valence-electron chi connectivity index (χ0n) is 31.4. The maximum atomic E-state index is 14.3. The van der Waals surface area contributed by atoms with E-state index in [1.165, 1.54) is 36.7 Å². The average molecular weight is 861 g/mol. The number of nitrogens with zero attached hydrogens (tertiary/aromatic N) is 6. The Labute approximate surface area is 342 Å². The molecule has 4 aromatic heterocycles. The lowest BCUT2D eigenvalue weighted by molar-refractivity contribution is -0.309. The van der Waals surface area contributed by atoms with E-state index in [-0.39, 0.29) is 28.9 Å². The van der Waals surface area contributed by atoms with E-state index < -0.39 is 48.4 Å². The molecule has 1 aliphatic rings. The molecule has 2 atom stereocenters. The molecule has 0 radical (unpaired) electrons. The van der Waals surface area contributed by atoms with Crippen molar-refractivity contribution in [2.75, 3.05) is 46.4 Å². The third-order valence-corrected chi connectivity index (χ3v) is 11.3. The number of ether oxygens (including phenoxy) is 3. The molecule has 1 aliphatic heterocycles. The second-order valence-corrected chi connectivity index (χ2v) is 15.1. The van der Waals surface area contributed by atoms with Crippen LogP contribution < -0.4 is 14.2 Å². The van der Waals surface area contributed by atoms with Gasteiger partial charge in [0.2, 0.25) is 5.88 Å². The monoisotopic (exact) mass is 860 g/mol. The Balaban J connectivity index is 1.21. The number of carbonyl (C=O) groups excluding carboxylic acids is 1. The molecule has 7 rings (SSSR count). The van der Waals surface area contributed by atoms with Gasteiger partial charge in [-0.15, -0.1) is 11.3 Å². The Kier molecular flexibility index (Phi) is 12.3. The van der Waals surface area contributed by atoms with Crippen LogP contribution in [-0.2, 0) is 17.3 Å². The lowest BCUT2D eigenvalue weighted by Crippen LogP contribution is -2.45. The molecule has 3 N–H and O–H groups in total. The number of piperazine rings is 1. The summed E-state index contributed by atoms with van der Waals surface area (Å²) in [7, 11) is 2.08. The van der Waals surface area contributed by atoms with E-state index in [0.29, 0.717) is 55.0 Å². The van der Waals surface area contributed by atoms with E-state index in [4.69, 9.17) is 30.2 Å². The lowest BCUT2D eigenvalue weighted by atomic mass is 9.97. The molecule has 0 saturated carbocycles. The number of aliphatic hydroxyl groups excluding tert-OH is 1. The van der Waals surface area contributed by atoms with Gasteiger partial charge in [-0.1, -0.05) is 35.9 Å². The fourth-order valence-corrected chi connectivity index (χ4v) is 7.99. The summed E-state index contributed by atoms with van der Waals surface area (Å²) in [5, 5.41) is 37.3. The van der Waals surface area contributed by atoms with Gasteiger partial charge in [0.15, 0.2) is 12.4 Å². The lowest BCUT2D eigenvalue weighted by Gasteiger charge is -2.32. The molecule has 14 nitrogen and oxygen atoms in total. The number of carbonyl (C=O) groups is 1. The van der Waals surface area contributed by atoms with Crippen LogP contribution in [0.4, 0.5) is 17.6 Å². The summed E-state index contributed by atoms with van der Waals surface area (Å²) in [4.78, 5) is 26.7. The van der Waals surface area contributed by atoms with E-state index in [0.717, 1.165) is 55.8 Å². The van der Waals surface area contributed by atoms with Crippen LogP contribution in [-0.4, -0.2) is 110 Å². The van der Waals surface area contributed by atoms with E-state index >= 15 is 0 Å². The Hall–Kier alpha value is -5.15. The number of hydrogen-bond acceptors (Lipinski definition) is 14. The number of likely N-dealkylation sites (N-methyl/N-ethyl adjacent to an activating group) is 1. The summed E-state index contributed by atoms with van der Waals surface area (Å²) in [5.41, 5.74) is 0.587. The number of aromatic nitrogens is 4. The summed E-state index contributed by atoms with van der Waals surface area (Å²) < 4.78 is 77.1. The highest BCUT2D eigenvalue weighted by Crippen LogP contribution is 2.50. The number of aldehydes is 1. The fourth-order valence-electron chi connectivity index (χ4n) is 6.66. The van der Waals surface area contributed by atoms with Crippen molar-refractivity contribution in [3.05, 3.63) is 95.0 Å². The van der Waals surface area contributed by atoms with Crippen molar-refractivity contribution < 1.29 is 56.3 Å². The van der Waals surface area contributed by atoms with Crippen LogP contribution in [0.15, 0.2) is 71.5 Å². The first-order chi connectivity index (χ1) is 28.1. The largest absolute Gasteiger partial charge is 0.491 e. The number of benzene rings is 2. The van der Waals surface area contributed by atoms with Gasteiger partial charge in [0.1, 0.15) is 53.4 Å². The maximum absolute atomic E-state index is 14.3. The number of furan rings is 1. The smallest absolute Gasteiger partial charge is 0.408 e. The number of alkyl halides is 3. The van der Waals surface area contributed by atoms with E-state index in [1.807, 2.05) is 0 Å². The van der Waals surface area contributed by atoms with Crippen LogP contribution in [0.2, 0.25) is 5.02 Å². The summed E-state index contributed by atoms with van der Waals surface area (Å²) in [6.45, 7) is 5.02. The van der Waals surface area contributed by atoms with Crippen LogP contribution in [0.5, 0.6) is 17.4 Å². The number of rotatable bonds is 15. The van der Waals surface area contributed by atoms with Gasteiger partial charge < -0.3 is 38.8 Å². The molecule has 6 aromatic rings. The van der Waals surface area contributed by atoms with Crippen molar-refractivity contribution in [1.82, 2.24) is 29.5 Å². The quantitative estimate of drug-likeness (QED) is 0.0630. The molecule has 20 heteroatoms. The number of fused-ring (bicyclic) bond motifs is 1. The molecule has 2 unspecified atom stereocenters. The standard InChI is InChI=1S/C39H37ClF4N6O8S/c1-22-23(7-8-26(33(22)40)55-18-17-49-15-13-48(2)14-16-49)31-32-36(45-21-46-37(32)59-35(31)27-9-10-30(41)56-27)57-28(19-51)34(52)24-5-3-4-6-25(24)58-39(53,54)29-11-12-47-50(29)20-38(42,43)44/h3-12,19,21,28,34,52-54H,13-18,20H2,1-2H3. The minimum atomic E-state index is -4.75. The molecule has 312 valence electrons. The summed E-state index contributed by atoms with van der Waals surface area (Å²) >= 11 is 8.05. The van der Waals surface area contributed by atoms with E-state index in [9.17, 15) is 37.7 Å². The van der Waals surface area contributed by atoms with Crippen molar-refractivity contribution >= 4 is 39.4 Å². The van der Waals surface area contributed by atoms with Gasteiger partial charge in [0.05, 0.1) is 15.3 Å². The van der Waals surface area contributed by atoms with Crippen LogP contribution in [0.25, 0.3) is 32.0 Å². The molecule has 0 spiro atoms. The Morgan fingerprint density at radius 1 is 1.03 bits per heavy atom. The van der Waals surface area contributed by atoms with E-state index in [2.05, 4.69) is 31.9 Å². The number of thiophene rings is 1. The van der Waals surface area contributed by atoms with Crippen LogP contribution in [0.1, 0.15) is 22.9 Å². The first kappa shape index (κ1) is 42.0. The first-order valence-electron chi connectivity index (χ1n) is 18.1. The molecule has 5 heterocycles. The summed E-state index contributed by atoms with van der Waals surface area (Å²) in [5.74, 6) is -3.36. The topological polar surface area (TPSA) is 169 Å². The third kappa shape index (κ3) is 9.20. The van der Waals surface area contributed by atoms with Crippen LogP contribution in [0, 0.1) is 12.9 Å². The van der Waals surface area contributed by atoms with Crippen LogP contribution in [0.3, 0.4) is 0 Å². The van der Waals surface area contributed by atoms with Gasteiger partial charge in [-0.3, -0.25) is 14.4 Å². The van der Waals surface area contributed by atoms with Gasteiger partial charge in [-0.2, -0.15) is 22.7 Å². The highest BCUT2D eigenvalue weighted by molar-refractivity contribution is 7.22. The minimum absolute atomic E-state index is 0.153. The van der Waals surface area contributed by atoms with Crippen molar-refractivity contribution in [3.8, 4) is 39.1 Å². The molecule has 2 aromatic carbocycles. The SMILES string of the molecule is Cc1c(-c2c(-c3ccc(F)o3)sc3ncnc(OC(C=O)C(O)c4ccccc4OC(O)(O)c4ccnn4CC(F)(F)F)c23)ccc(OCCN2CCN(C)CC2)c1Cl. The molecule has 1 saturated heterocycles. The molecule has 0 aliphatic carbocycles. The van der Waals surface area contributed by atoms with Crippen molar-refractivity contribution in [2.24, 2.45) is 0 Å². The maximum Gasteiger partial charge on any atom is 0.408 e. The van der Waals surface area contributed by atoms with Crippen molar-refractivity contribution in [2.45, 2.75) is 37.8 Å². The normalized spacial score (nSPS) is 15.4. The zero-order chi connectivity index (χ0) is 42.1. The predicted octanol–water partition coefficient (Wildman–Crippen LogP) is 5.96. The Morgan fingerprint density at radius 2 is 1.80 bits per heavy atom. The molecular formula is C39H37ClF4N6O8S. The summed E-state index contributed by atoms with van der Waals surface area (Å²) in [6, 6.07) is 11.5. The second kappa shape index (κ2) is 17.2. The molecule has 59 heavy (non-hydrogen) atoms. The Morgan fingerprint density at radius 3 is 2.51 bits per heavy atom. The minimum Gasteiger partial charge on any atom is -0.491 e. The molecule has 0 amide bonds. The average Bonchev–Trinajstić information content (AvgIpc) is 3.95. The highest BCUT2D eigenvalue weighted by Gasteiger charge is 2.39. The first-order valence-corrected chi connectivity index (χ1v) is 19.3. The van der Waals surface area contributed by atoms with Gasteiger partial charge in [0.25, 0.3) is 6.01 Å².